The van der Waals surface area contributed by atoms with Crippen molar-refractivity contribution in [3.63, 3.8) is 0 Å². The van der Waals surface area contributed by atoms with Crippen molar-refractivity contribution in [1.29, 1.82) is 0 Å². The van der Waals surface area contributed by atoms with Crippen LogP contribution in [-0.4, -0.2) is 4.70 Å². The molecule has 0 bridgehead atoms. The molecule has 0 saturated heterocycles. The molecule has 1 aliphatic heterocycles. The monoisotopic (exact) mass is 470 g/mol. The van der Waals surface area contributed by atoms with Gasteiger partial charge in [-0.25, -0.2) is 4.70 Å². The third-order valence-corrected chi connectivity index (χ3v) is 7.19. The van der Waals surface area contributed by atoms with Gasteiger partial charge < -0.3 is 5.53 Å². The van der Waals surface area contributed by atoms with Gasteiger partial charge in [0.15, 0.2) is 0 Å². The molecule has 0 fully saturated rings. The highest BCUT2D eigenvalue weighted by Crippen LogP contribution is 2.37. The molecule has 2 heteroatoms. The summed E-state index contributed by atoms with van der Waals surface area (Å²) in [4.78, 5) is 0. The van der Waals surface area contributed by atoms with Gasteiger partial charge in [-0.05, 0) is 73.9 Å². The van der Waals surface area contributed by atoms with Crippen LogP contribution in [-0.2, 0) is 12.8 Å². The minimum Gasteiger partial charge on any atom is -0.493 e. The summed E-state index contributed by atoms with van der Waals surface area (Å²) in [6.45, 7) is 6.75. The maximum atomic E-state index is 11.4. The molecule has 2 nitrogen and oxygen atoms in total. The van der Waals surface area contributed by atoms with E-state index in [4.69, 9.17) is 0 Å². The van der Waals surface area contributed by atoms with E-state index in [9.17, 15) is 5.53 Å². The Labute approximate surface area is 214 Å². The van der Waals surface area contributed by atoms with E-state index in [0.29, 0.717) is 0 Å². The summed E-state index contributed by atoms with van der Waals surface area (Å²) in [7, 11) is 0. The first-order valence-corrected chi connectivity index (χ1v) is 14.3. The van der Waals surface area contributed by atoms with Crippen LogP contribution in [0.15, 0.2) is 60.2 Å². The fraction of sp³-hybridized carbons (Fsp3) is 0.515. The highest BCUT2D eigenvalue weighted by atomic mass is 15.2. The van der Waals surface area contributed by atoms with Crippen LogP contribution in [0.2, 0.25) is 0 Å². The summed E-state index contributed by atoms with van der Waals surface area (Å²) >= 11 is 0. The first-order valence-electron chi connectivity index (χ1n) is 14.3. The lowest BCUT2D eigenvalue weighted by Gasteiger charge is -2.11. The normalized spacial score (nSPS) is 13.6. The SMILES string of the molecule is CCCCCCCCc1ccc(C2=C(CCCC)C=C(c3cccc(CCCCC)c3)[N+]2=[N-])cc1. The number of allylic oxidation sites excluding steroid dienone is 2. The van der Waals surface area contributed by atoms with Gasteiger partial charge in [-0.3, -0.25) is 0 Å². The Bertz CT molecular complexity index is 994. The molecule has 0 N–H and O–H groups in total. The zero-order valence-corrected chi connectivity index (χ0v) is 22.5. The first kappa shape index (κ1) is 27.1. The molecular formula is C33H46N2. The summed E-state index contributed by atoms with van der Waals surface area (Å²) < 4.78 is 1.44. The number of hydrogen-bond acceptors (Lipinski definition) is 0. The predicted octanol–water partition coefficient (Wildman–Crippen LogP) is 10.3. The largest absolute Gasteiger partial charge is 0.493 e. The maximum absolute atomic E-state index is 11.4. The van der Waals surface area contributed by atoms with Crippen molar-refractivity contribution in [3.05, 3.63) is 88.0 Å². The van der Waals surface area contributed by atoms with E-state index >= 15 is 0 Å². The summed E-state index contributed by atoms with van der Waals surface area (Å²) in [6, 6.07) is 17.6. The minimum absolute atomic E-state index is 0.902. The lowest BCUT2D eigenvalue weighted by Crippen LogP contribution is -2.03. The third-order valence-electron chi connectivity index (χ3n) is 7.19. The fourth-order valence-corrected chi connectivity index (χ4v) is 5.03. The number of unbranched alkanes of at least 4 members (excludes halogenated alkanes) is 8. The van der Waals surface area contributed by atoms with E-state index in [1.54, 1.807) is 0 Å². The Balaban J connectivity index is 1.72. The van der Waals surface area contributed by atoms with Gasteiger partial charge in [0.05, 0.1) is 0 Å². The van der Waals surface area contributed by atoms with Gasteiger partial charge in [-0.2, -0.15) is 0 Å². The van der Waals surface area contributed by atoms with Gasteiger partial charge in [0, 0.05) is 22.8 Å². The average molecular weight is 471 g/mol. The van der Waals surface area contributed by atoms with Gasteiger partial charge in [0.1, 0.15) is 0 Å². The molecule has 1 heterocycles. The van der Waals surface area contributed by atoms with Gasteiger partial charge in [-0.1, -0.05) is 96.4 Å². The molecule has 2 aromatic rings. The molecule has 0 radical (unpaired) electrons. The quantitative estimate of drug-likeness (QED) is 0.172. The van der Waals surface area contributed by atoms with Crippen LogP contribution in [0.1, 0.15) is 120 Å². The average Bonchev–Trinajstić information content (AvgIpc) is 3.21. The van der Waals surface area contributed by atoms with Crippen molar-refractivity contribution < 1.29 is 4.70 Å². The van der Waals surface area contributed by atoms with E-state index in [2.05, 4.69) is 75.4 Å². The van der Waals surface area contributed by atoms with Crippen molar-refractivity contribution in [3.8, 4) is 0 Å². The standard InChI is InChI=1S/C33H46N2/c1-4-7-10-11-12-14-16-27-21-23-29(24-22-27)33-31(19-9-6-3)26-32(35(33)34)30-20-15-18-28(25-30)17-13-8-5-2/h15,18,20-26H,4-14,16-17,19H2,1-3H3. The van der Waals surface area contributed by atoms with E-state index in [-0.39, 0.29) is 0 Å². The number of aryl methyl sites for hydroxylation is 2. The molecule has 188 valence electrons. The van der Waals surface area contributed by atoms with E-state index in [0.717, 1.165) is 54.6 Å². The van der Waals surface area contributed by atoms with Crippen LogP contribution < -0.4 is 0 Å². The molecule has 35 heavy (non-hydrogen) atoms. The zero-order chi connectivity index (χ0) is 24.9. The number of rotatable bonds is 16. The second-order valence-electron chi connectivity index (χ2n) is 10.2. The summed E-state index contributed by atoms with van der Waals surface area (Å²) in [5.74, 6) is 0. The zero-order valence-electron chi connectivity index (χ0n) is 22.5. The molecular weight excluding hydrogens is 424 g/mol. The fourth-order valence-electron chi connectivity index (χ4n) is 5.03. The molecule has 0 saturated carbocycles. The second-order valence-corrected chi connectivity index (χ2v) is 10.2. The molecule has 1 aliphatic rings. The maximum Gasteiger partial charge on any atom is 0.210 e. The van der Waals surface area contributed by atoms with Crippen molar-refractivity contribution in [1.82, 2.24) is 0 Å². The highest BCUT2D eigenvalue weighted by Gasteiger charge is 2.28. The molecule has 2 aromatic carbocycles. The van der Waals surface area contributed by atoms with Crippen molar-refractivity contribution in [2.75, 3.05) is 0 Å². The summed E-state index contributed by atoms with van der Waals surface area (Å²) in [5, 5.41) is 0. The van der Waals surface area contributed by atoms with Crippen molar-refractivity contribution >= 4 is 11.4 Å². The Morgan fingerprint density at radius 2 is 1.23 bits per heavy atom. The third kappa shape index (κ3) is 8.02. The van der Waals surface area contributed by atoms with E-state index < -0.39 is 0 Å². The smallest absolute Gasteiger partial charge is 0.210 e. The molecule has 3 rings (SSSR count). The molecule has 0 amide bonds. The van der Waals surface area contributed by atoms with Crippen LogP contribution in [0.4, 0.5) is 0 Å². The van der Waals surface area contributed by atoms with Crippen LogP contribution in [0.5, 0.6) is 0 Å². The number of nitrogens with zero attached hydrogens (tertiary/aromatic N) is 2. The molecule has 0 aliphatic carbocycles. The molecule has 0 aromatic heterocycles. The predicted molar refractivity (Wildman–Crippen MR) is 151 cm³/mol. The van der Waals surface area contributed by atoms with Crippen LogP contribution in [0, 0.1) is 0 Å². The van der Waals surface area contributed by atoms with Gasteiger partial charge in [-0.15, -0.1) is 0 Å². The second kappa shape index (κ2) is 14.8. The number of hydrogen-bond donors (Lipinski definition) is 0. The van der Waals surface area contributed by atoms with Crippen LogP contribution >= 0.6 is 0 Å². The molecule has 0 atom stereocenters. The van der Waals surface area contributed by atoms with Gasteiger partial charge in [0.2, 0.25) is 11.4 Å². The topological polar surface area (TPSA) is 25.3 Å². The lowest BCUT2D eigenvalue weighted by molar-refractivity contribution is -0.344. The Kier molecular flexibility index (Phi) is 11.5. The van der Waals surface area contributed by atoms with Gasteiger partial charge in [0.25, 0.3) is 0 Å². The lowest BCUT2D eigenvalue weighted by atomic mass is 10.00. The Morgan fingerprint density at radius 3 is 1.97 bits per heavy atom. The van der Waals surface area contributed by atoms with E-state index in [1.807, 2.05) is 0 Å². The minimum atomic E-state index is 0.902. The van der Waals surface area contributed by atoms with Crippen LogP contribution in [0.25, 0.3) is 16.9 Å². The first-order chi connectivity index (χ1) is 17.2. The van der Waals surface area contributed by atoms with Crippen LogP contribution in [0.3, 0.4) is 0 Å². The highest BCUT2D eigenvalue weighted by molar-refractivity contribution is 5.78. The number of benzene rings is 2. The molecule has 0 unspecified atom stereocenters. The van der Waals surface area contributed by atoms with Gasteiger partial charge >= 0.3 is 0 Å². The van der Waals surface area contributed by atoms with Crippen molar-refractivity contribution in [2.24, 2.45) is 0 Å². The molecule has 0 spiro atoms. The Morgan fingerprint density at radius 1 is 0.600 bits per heavy atom. The van der Waals surface area contributed by atoms with E-state index in [1.165, 1.54) is 79.2 Å². The summed E-state index contributed by atoms with van der Waals surface area (Å²) in [6.07, 6.45) is 19.4. The Hall–Kier alpha value is -2.48. The van der Waals surface area contributed by atoms with Crippen molar-refractivity contribution in [2.45, 2.75) is 111 Å². The summed E-state index contributed by atoms with van der Waals surface area (Å²) in [5.41, 5.74) is 19.4.